The van der Waals surface area contributed by atoms with Crippen molar-refractivity contribution in [3.05, 3.63) is 12.2 Å². The van der Waals surface area contributed by atoms with Gasteiger partial charge in [-0.25, -0.2) is 4.98 Å². The molecule has 5 heteroatoms. The SMILES string of the molecule is CC1(C)C(NCc2ncn[nH]2)C2CCOC21. The van der Waals surface area contributed by atoms with Crippen LogP contribution >= 0.6 is 0 Å². The van der Waals surface area contributed by atoms with Gasteiger partial charge in [0.05, 0.1) is 12.6 Å². The molecular formula is C11H18N4O. The van der Waals surface area contributed by atoms with Crippen LogP contribution in [0.4, 0.5) is 0 Å². The van der Waals surface area contributed by atoms with E-state index in [9.17, 15) is 0 Å². The summed E-state index contributed by atoms with van der Waals surface area (Å²) in [7, 11) is 0. The molecule has 1 aliphatic heterocycles. The second kappa shape index (κ2) is 3.53. The van der Waals surface area contributed by atoms with Gasteiger partial charge in [-0.05, 0) is 6.42 Å². The molecule has 1 aromatic heterocycles. The number of aromatic amines is 1. The van der Waals surface area contributed by atoms with Crippen LogP contribution < -0.4 is 5.32 Å². The highest BCUT2D eigenvalue weighted by atomic mass is 16.5. The van der Waals surface area contributed by atoms with Gasteiger partial charge in [-0.1, -0.05) is 13.8 Å². The Hall–Kier alpha value is -0.940. The van der Waals surface area contributed by atoms with Crippen molar-refractivity contribution < 1.29 is 4.74 Å². The number of hydrogen-bond acceptors (Lipinski definition) is 4. The number of H-pyrrole nitrogens is 1. The highest BCUT2D eigenvalue weighted by Gasteiger charge is 2.58. The highest BCUT2D eigenvalue weighted by molar-refractivity contribution is 5.11. The van der Waals surface area contributed by atoms with Crippen LogP contribution in [-0.2, 0) is 11.3 Å². The summed E-state index contributed by atoms with van der Waals surface area (Å²) in [6.07, 6.45) is 3.17. The Labute approximate surface area is 95.0 Å². The topological polar surface area (TPSA) is 62.8 Å². The van der Waals surface area contributed by atoms with Gasteiger partial charge in [0, 0.05) is 24.0 Å². The zero-order chi connectivity index (χ0) is 11.2. The summed E-state index contributed by atoms with van der Waals surface area (Å²) in [6, 6.07) is 0.532. The fourth-order valence-corrected chi connectivity index (χ4v) is 3.26. The van der Waals surface area contributed by atoms with E-state index in [0.29, 0.717) is 18.1 Å². The Kier molecular flexibility index (Phi) is 2.26. The minimum Gasteiger partial charge on any atom is -0.377 e. The van der Waals surface area contributed by atoms with E-state index in [1.807, 2.05) is 0 Å². The summed E-state index contributed by atoms with van der Waals surface area (Å²) in [4.78, 5) is 4.12. The van der Waals surface area contributed by atoms with Crippen molar-refractivity contribution in [3.8, 4) is 0 Å². The molecule has 3 unspecified atom stereocenters. The van der Waals surface area contributed by atoms with Gasteiger partial charge in [-0.3, -0.25) is 5.10 Å². The van der Waals surface area contributed by atoms with Gasteiger partial charge in [-0.2, -0.15) is 5.10 Å². The van der Waals surface area contributed by atoms with E-state index >= 15 is 0 Å². The molecule has 5 nitrogen and oxygen atoms in total. The molecule has 0 amide bonds. The number of hydrogen-bond donors (Lipinski definition) is 2. The zero-order valence-corrected chi connectivity index (χ0v) is 9.73. The fourth-order valence-electron chi connectivity index (χ4n) is 3.26. The average Bonchev–Trinajstić information content (AvgIpc) is 2.86. The van der Waals surface area contributed by atoms with Crippen molar-refractivity contribution in [3.63, 3.8) is 0 Å². The molecule has 1 aromatic rings. The third-order valence-electron chi connectivity index (χ3n) is 4.05. The van der Waals surface area contributed by atoms with Crippen molar-refractivity contribution in [1.29, 1.82) is 0 Å². The lowest BCUT2D eigenvalue weighted by atomic mass is 9.57. The van der Waals surface area contributed by atoms with Gasteiger partial charge < -0.3 is 10.1 Å². The van der Waals surface area contributed by atoms with E-state index in [1.165, 1.54) is 6.42 Å². The number of aromatic nitrogens is 3. The van der Waals surface area contributed by atoms with Gasteiger partial charge in [0.1, 0.15) is 12.2 Å². The summed E-state index contributed by atoms with van der Waals surface area (Å²) < 4.78 is 5.76. The van der Waals surface area contributed by atoms with E-state index in [4.69, 9.17) is 4.74 Å². The summed E-state index contributed by atoms with van der Waals surface area (Å²) in [5, 5.41) is 10.3. The molecule has 1 saturated heterocycles. The highest BCUT2D eigenvalue weighted by Crippen LogP contribution is 2.52. The molecule has 3 atom stereocenters. The Bertz CT molecular complexity index is 362. The van der Waals surface area contributed by atoms with Gasteiger partial charge in [-0.15, -0.1) is 0 Å². The first-order valence-corrected chi connectivity index (χ1v) is 5.89. The molecule has 0 radical (unpaired) electrons. The monoisotopic (exact) mass is 222 g/mol. The first-order valence-electron chi connectivity index (χ1n) is 5.89. The van der Waals surface area contributed by atoms with Crippen LogP contribution in [0, 0.1) is 11.3 Å². The number of fused-ring (bicyclic) bond motifs is 1. The third-order valence-corrected chi connectivity index (χ3v) is 4.05. The number of nitrogens with zero attached hydrogens (tertiary/aromatic N) is 2. The molecule has 2 aliphatic rings. The smallest absolute Gasteiger partial charge is 0.138 e. The first kappa shape index (κ1) is 10.2. The molecule has 0 bridgehead atoms. The summed E-state index contributed by atoms with van der Waals surface area (Å²) in [5.41, 5.74) is 0.237. The quantitative estimate of drug-likeness (QED) is 0.790. The summed E-state index contributed by atoms with van der Waals surface area (Å²) in [6.45, 7) is 6.23. The Morgan fingerprint density at radius 2 is 2.50 bits per heavy atom. The molecule has 2 N–H and O–H groups in total. The molecule has 3 rings (SSSR count). The molecule has 0 spiro atoms. The van der Waals surface area contributed by atoms with Gasteiger partial charge in [0.2, 0.25) is 0 Å². The van der Waals surface area contributed by atoms with E-state index in [1.54, 1.807) is 6.33 Å². The maximum absolute atomic E-state index is 5.76. The van der Waals surface area contributed by atoms with Crippen LogP contribution in [-0.4, -0.2) is 33.9 Å². The van der Waals surface area contributed by atoms with Crippen molar-refractivity contribution >= 4 is 0 Å². The van der Waals surface area contributed by atoms with Crippen molar-refractivity contribution in [2.24, 2.45) is 11.3 Å². The molecule has 2 heterocycles. The Balaban J connectivity index is 1.63. The minimum absolute atomic E-state index is 0.237. The lowest BCUT2D eigenvalue weighted by molar-refractivity contribution is -0.113. The largest absolute Gasteiger partial charge is 0.377 e. The standard InChI is InChI=1S/C11H18N4O/c1-11(2)9(7-3-4-16-10(7)11)12-5-8-13-6-14-15-8/h6-7,9-10,12H,3-5H2,1-2H3,(H,13,14,15). The van der Waals surface area contributed by atoms with Crippen molar-refractivity contribution in [1.82, 2.24) is 20.5 Å². The van der Waals surface area contributed by atoms with Crippen LogP contribution in [0.2, 0.25) is 0 Å². The number of ether oxygens (including phenoxy) is 1. The zero-order valence-electron chi connectivity index (χ0n) is 9.73. The third kappa shape index (κ3) is 1.38. The predicted octanol–water partition coefficient (Wildman–Crippen LogP) is 0.708. The molecule has 16 heavy (non-hydrogen) atoms. The van der Waals surface area contributed by atoms with Crippen molar-refractivity contribution in [2.75, 3.05) is 6.61 Å². The molecule has 1 aliphatic carbocycles. The molecular weight excluding hydrogens is 204 g/mol. The van der Waals surface area contributed by atoms with Gasteiger partial charge in [0.25, 0.3) is 0 Å². The Morgan fingerprint density at radius 1 is 1.62 bits per heavy atom. The maximum Gasteiger partial charge on any atom is 0.138 e. The molecule has 88 valence electrons. The predicted molar refractivity (Wildman–Crippen MR) is 58.6 cm³/mol. The fraction of sp³-hybridized carbons (Fsp3) is 0.818. The molecule has 2 fully saturated rings. The maximum atomic E-state index is 5.76. The minimum atomic E-state index is 0.237. The molecule has 0 aromatic carbocycles. The van der Waals surface area contributed by atoms with E-state index < -0.39 is 0 Å². The van der Waals surface area contributed by atoms with Gasteiger partial charge in [0.15, 0.2) is 0 Å². The Morgan fingerprint density at radius 3 is 3.25 bits per heavy atom. The van der Waals surface area contributed by atoms with E-state index in [0.717, 1.165) is 19.0 Å². The van der Waals surface area contributed by atoms with Crippen LogP contribution in [0.1, 0.15) is 26.1 Å². The van der Waals surface area contributed by atoms with Crippen LogP contribution in [0.15, 0.2) is 6.33 Å². The van der Waals surface area contributed by atoms with Crippen LogP contribution in [0.5, 0.6) is 0 Å². The number of rotatable bonds is 3. The summed E-state index contributed by atoms with van der Waals surface area (Å²) in [5.74, 6) is 1.58. The van der Waals surface area contributed by atoms with E-state index in [-0.39, 0.29) is 5.41 Å². The second-order valence-corrected chi connectivity index (χ2v) is 5.36. The lowest BCUT2D eigenvalue weighted by Crippen LogP contribution is -2.65. The number of nitrogens with one attached hydrogen (secondary N) is 2. The lowest BCUT2D eigenvalue weighted by Gasteiger charge is -2.54. The first-order chi connectivity index (χ1) is 7.69. The molecule has 1 saturated carbocycles. The van der Waals surface area contributed by atoms with Gasteiger partial charge >= 0.3 is 0 Å². The van der Waals surface area contributed by atoms with Crippen LogP contribution in [0.25, 0.3) is 0 Å². The van der Waals surface area contributed by atoms with Crippen LogP contribution in [0.3, 0.4) is 0 Å². The second-order valence-electron chi connectivity index (χ2n) is 5.36. The average molecular weight is 222 g/mol. The normalized spacial score (nSPS) is 35.8. The summed E-state index contributed by atoms with van der Waals surface area (Å²) >= 11 is 0. The van der Waals surface area contributed by atoms with E-state index in [2.05, 4.69) is 34.3 Å². The van der Waals surface area contributed by atoms with Crippen molar-refractivity contribution in [2.45, 2.75) is 39.0 Å².